The summed E-state index contributed by atoms with van der Waals surface area (Å²) in [5, 5.41) is 12.4. The second kappa shape index (κ2) is 14.7. The summed E-state index contributed by atoms with van der Waals surface area (Å²) in [5.74, 6) is -0.959. The van der Waals surface area contributed by atoms with Crippen molar-refractivity contribution in [2.75, 3.05) is 45.7 Å². The maximum absolute atomic E-state index is 13.9. The first-order chi connectivity index (χ1) is 17.8. The van der Waals surface area contributed by atoms with Crippen LogP contribution in [0.2, 0.25) is 0 Å². The van der Waals surface area contributed by atoms with Gasteiger partial charge in [-0.3, -0.25) is 9.59 Å². The van der Waals surface area contributed by atoms with Crippen molar-refractivity contribution in [3.05, 3.63) is 23.8 Å². The van der Waals surface area contributed by atoms with Crippen LogP contribution in [0.5, 0.6) is 5.75 Å². The number of aliphatic hydroxyl groups excluding tert-OH is 1. The van der Waals surface area contributed by atoms with Gasteiger partial charge in [0, 0.05) is 37.7 Å². The van der Waals surface area contributed by atoms with Crippen LogP contribution in [0.4, 0.5) is 18.9 Å². The largest absolute Gasteiger partial charge is 0.490 e. The second-order valence-corrected chi connectivity index (χ2v) is 10.4. The minimum absolute atomic E-state index is 0.0631. The molecule has 11 heteroatoms. The molecule has 0 radical (unpaired) electrons. The van der Waals surface area contributed by atoms with Gasteiger partial charge in [-0.1, -0.05) is 6.92 Å². The molecule has 1 heterocycles. The monoisotopic (exact) mass is 545 g/mol. The highest BCUT2D eigenvalue weighted by atomic mass is 19.4. The number of carbonyl (C=O) groups excluding carboxylic acids is 2. The van der Waals surface area contributed by atoms with Gasteiger partial charge in [-0.05, 0) is 65.4 Å². The number of fused-ring (bicyclic) bond motifs is 1. The molecule has 0 aromatic heterocycles. The molecule has 0 saturated carbocycles. The average Bonchev–Trinajstić information content (AvgIpc) is 2.83. The van der Waals surface area contributed by atoms with Crippen molar-refractivity contribution in [2.24, 2.45) is 5.92 Å². The number of anilines is 1. The fourth-order valence-electron chi connectivity index (χ4n) is 4.30. The van der Waals surface area contributed by atoms with Gasteiger partial charge in [0.05, 0.1) is 36.8 Å². The third-order valence-electron chi connectivity index (χ3n) is 6.52. The van der Waals surface area contributed by atoms with Gasteiger partial charge in [0.1, 0.15) is 5.75 Å². The molecular formula is C27H42F3N3O5. The number of ether oxygens (including phenoxy) is 2. The first-order valence-electron chi connectivity index (χ1n) is 13.2. The van der Waals surface area contributed by atoms with Crippen LogP contribution in [0.25, 0.3) is 0 Å². The lowest BCUT2D eigenvalue weighted by Crippen LogP contribution is -2.47. The van der Waals surface area contributed by atoms with Crippen molar-refractivity contribution in [1.29, 1.82) is 0 Å². The number of rotatable bonds is 7. The number of aliphatic hydroxyl groups is 1. The zero-order chi connectivity index (χ0) is 28.5. The second-order valence-electron chi connectivity index (χ2n) is 10.4. The first kappa shape index (κ1) is 31.8. The Balaban J connectivity index is 2.43. The number of amides is 2. The SMILES string of the molecule is C[C@@H]1CCCCO[C@H](CN(C)C)[C@H](C)CN([C@H](C)CO)C(=O)c2cc(NC(=O)CCC(F)(F)F)ccc2O1. The van der Waals surface area contributed by atoms with E-state index in [0.717, 1.165) is 19.3 Å². The molecule has 1 aromatic rings. The van der Waals surface area contributed by atoms with Crippen LogP contribution >= 0.6 is 0 Å². The van der Waals surface area contributed by atoms with Crippen LogP contribution in [0, 0.1) is 5.92 Å². The van der Waals surface area contributed by atoms with Crippen molar-refractivity contribution < 1.29 is 37.3 Å². The zero-order valence-corrected chi connectivity index (χ0v) is 23.0. The van der Waals surface area contributed by atoms with E-state index in [0.29, 0.717) is 25.4 Å². The predicted octanol–water partition coefficient (Wildman–Crippen LogP) is 4.32. The number of nitrogens with one attached hydrogen (secondary N) is 1. The molecular weight excluding hydrogens is 503 g/mol. The molecule has 216 valence electrons. The number of nitrogens with zero attached hydrogens (tertiary/aromatic N) is 2. The molecule has 38 heavy (non-hydrogen) atoms. The van der Waals surface area contributed by atoms with E-state index in [9.17, 15) is 27.9 Å². The Kier molecular flexibility index (Phi) is 12.3. The average molecular weight is 546 g/mol. The fourth-order valence-corrected chi connectivity index (χ4v) is 4.30. The standard InChI is InChI=1S/C27H42F3N3O5/c1-18-15-33(19(2)17-34)26(36)22-14-21(31-25(35)11-12-27(28,29)30)9-10-23(22)38-20(3)8-6-7-13-37-24(18)16-32(4)5/h9-10,14,18-20,24,34H,6-8,11-13,15-17H2,1-5H3,(H,31,35)/t18-,19-,20-,24-/m1/s1. The number of alkyl halides is 3. The number of likely N-dealkylation sites (N-methyl/N-ethyl adjacent to an activating group) is 1. The van der Waals surface area contributed by atoms with E-state index in [1.165, 1.54) is 12.1 Å². The summed E-state index contributed by atoms with van der Waals surface area (Å²) < 4.78 is 49.9. The van der Waals surface area contributed by atoms with Crippen molar-refractivity contribution >= 4 is 17.5 Å². The third-order valence-corrected chi connectivity index (χ3v) is 6.52. The predicted molar refractivity (Wildman–Crippen MR) is 139 cm³/mol. The van der Waals surface area contributed by atoms with Crippen molar-refractivity contribution in [3.8, 4) is 5.75 Å². The number of halogens is 3. The van der Waals surface area contributed by atoms with Gasteiger partial charge < -0.3 is 29.7 Å². The van der Waals surface area contributed by atoms with Gasteiger partial charge in [-0.25, -0.2) is 0 Å². The van der Waals surface area contributed by atoms with E-state index in [-0.39, 0.29) is 36.0 Å². The molecule has 2 N–H and O–H groups in total. The lowest BCUT2D eigenvalue weighted by atomic mass is 10.0. The minimum atomic E-state index is -4.44. The van der Waals surface area contributed by atoms with Crippen molar-refractivity contribution in [3.63, 3.8) is 0 Å². The molecule has 2 rings (SSSR count). The summed E-state index contributed by atoms with van der Waals surface area (Å²) in [6, 6.07) is 3.97. The van der Waals surface area contributed by atoms with Crippen LogP contribution in [0.3, 0.4) is 0 Å². The highest BCUT2D eigenvalue weighted by molar-refractivity contribution is 5.99. The molecule has 0 fully saturated rings. The van der Waals surface area contributed by atoms with E-state index < -0.39 is 36.9 Å². The lowest BCUT2D eigenvalue weighted by molar-refractivity contribution is -0.142. The van der Waals surface area contributed by atoms with Crippen LogP contribution in [-0.2, 0) is 9.53 Å². The van der Waals surface area contributed by atoms with Gasteiger partial charge in [0.15, 0.2) is 0 Å². The fraction of sp³-hybridized carbons (Fsp3) is 0.704. The zero-order valence-electron chi connectivity index (χ0n) is 23.0. The van der Waals surface area contributed by atoms with E-state index >= 15 is 0 Å². The summed E-state index contributed by atoms with van der Waals surface area (Å²) in [7, 11) is 3.92. The highest BCUT2D eigenvalue weighted by Gasteiger charge is 2.31. The number of benzene rings is 1. The molecule has 0 saturated heterocycles. The molecule has 0 spiro atoms. The Hall–Kier alpha value is -2.37. The normalized spacial score (nSPS) is 22.8. The smallest absolute Gasteiger partial charge is 0.389 e. The minimum Gasteiger partial charge on any atom is -0.490 e. The summed E-state index contributed by atoms with van der Waals surface area (Å²) in [6.45, 7) is 6.93. The lowest BCUT2D eigenvalue weighted by Gasteiger charge is -2.35. The Morgan fingerprint density at radius 1 is 1.26 bits per heavy atom. The molecule has 0 unspecified atom stereocenters. The number of hydrogen-bond donors (Lipinski definition) is 2. The van der Waals surface area contributed by atoms with Crippen molar-refractivity contribution in [1.82, 2.24) is 9.80 Å². The molecule has 1 aliphatic rings. The van der Waals surface area contributed by atoms with Gasteiger partial charge in [0.2, 0.25) is 5.91 Å². The van der Waals surface area contributed by atoms with Gasteiger partial charge in [-0.2, -0.15) is 13.2 Å². The molecule has 0 bridgehead atoms. The summed E-state index contributed by atoms with van der Waals surface area (Å²) in [5.41, 5.74) is 0.361. The summed E-state index contributed by atoms with van der Waals surface area (Å²) >= 11 is 0. The first-order valence-corrected chi connectivity index (χ1v) is 13.2. The highest BCUT2D eigenvalue weighted by Crippen LogP contribution is 2.29. The molecule has 1 aromatic carbocycles. The number of hydrogen-bond acceptors (Lipinski definition) is 6. The maximum Gasteiger partial charge on any atom is 0.389 e. The van der Waals surface area contributed by atoms with E-state index in [1.54, 1.807) is 17.9 Å². The maximum atomic E-state index is 13.9. The molecule has 4 atom stereocenters. The van der Waals surface area contributed by atoms with Gasteiger partial charge >= 0.3 is 6.18 Å². The Morgan fingerprint density at radius 2 is 1.97 bits per heavy atom. The van der Waals surface area contributed by atoms with Crippen LogP contribution in [0.15, 0.2) is 18.2 Å². The number of carbonyl (C=O) groups is 2. The van der Waals surface area contributed by atoms with Crippen LogP contribution < -0.4 is 10.1 Å². The molecule has 2 amide bonds. The molecule has 0 aliphatic carbocycles. The topological polar surface area (TPSA) is 91.3 Å². The summed E-state index contributed by atoms with van der Waals surface area (Å²) in [4.78, 5) is 29.6. The quantitative estimate of drug-likeness (QED) is 0.530. The molecule has 8 nitrogen and oxygen atoms in total. The van der Waals surface area contributed by atoms with E-state index in [1.807, 2.05) is 32.8 Å². The van der Waals surface area contributed by atoms with E-state index in [2.05, 4.69) is 5.32 Å². The van der Waals surface area contributed by atoms with Gasteiger partial charge in [-0.15, -0.1) is 0 Å². The molecule has 1 aliphatic heterocycles. The van der Waals surface area contributed by atoms with Gasteiger partial charge in [0.25, 0.3) is 5.91 Å². The van der Waals surface area contributed by atoms with E-state index in [4.69, 9.17) is 9.47 Å². The Morgan fingerprint density at radius 3 is 2.61 bits per heavy atom. The Bertz CT molecular complexity index is 912. The Labute approximate surface area is 223 Å². The van der Waals surface area contributed by atoms with Crippen LogP contribution in [0.1, 0.15) is 63.2 Å². The summed E-state index contributed by atoms with van der Waals surface area (Å²) in [6.07, 6.45) is -4.29. The van der Waals surface area contributed by atoms with Crippen LogP contribution in [-0.4, -0.2) is 91.5 Å². The third kappa shape index (κ3) is 10.4. The van der Waals surface area contributed by atoms with Crippen molar-refractivity contribution in [2.45, 2.75) is 77.3 Å².